The van der Waals surface area contributed by atoms with Gasteiger partial charge in [0.25, 0.3) is 0 Å². The number of nitrogens with two attached hydrogens (primary N) is 1. The second-order valence-electron chi connectivity index (χ2n) is 4.57. The molecule has 0 aliphatic rings. The van der Waals surface area contributed by atoms with Crippen LogP contribution in [0.3, 0.4) is 0 Å². The Balaban J connectivity index is 2.19. The Morgan fingerprint density at radius 2 is 2.05 bits per heavy atom. The summed E-state index contributed by atoms with van der Waals surface area (Å²) in [5.41, 5.74) is 7.09. The van der Waals surface area contributed by atoms with Crippen molar-refractivity contribution in [3.05, 3.63) is 53.5 Å². The van der Waals surface area contributed by atoms with Crippen molar-refractivity contribution in [3.63, 3.8) is 0 Å². The van der Waals surface area contributed by atoms with Crippen LogP contribution >= 0.6 is 0 Å². The first kappa shape index (κ1) is 14.8. The first-order valence-corrected chi connectivity index (χ1v) is 6.37. The van der Waals surface area contributed by atoms with Crippen LogP contribution in [-0.2, 0) is 4.74 Å². The van der Waals surface area contributed by atoms with E-state index in [0.717, 1.165) is 5.56 Å². The van der Waals surface area contributed by atoms with Gasteiger partial charge in [0.05, 0.1) is 24.6 Å². The Labute approximate surface area is 121 Å². The lowest BCUT2D eigenvalue weighted by Gasteiger charge is -2.16. The van der Waals surface area contributed by atoms with Gasteiger partial charge in [0.15, 0.2) is 0 Å². The number of rotatable bonds is 4. The lowest BCUT2D eigenvalue weighted by Crippen LogP contribution is -2.11. The number of benzene rings is 1. The smallest absolute Gasteiger partial charge is 0.340 e. The molecule has 5 nitrogen and oxygen atoms in total. The lowest BCUT2D eigenvalue weighted by molar-refractivity contribution is 0.0602. The third kappa shape index (κ3) is 3.47. The predicted molar refractivity (Wildman–Crippen MR) is 78.4 cm³/mol. The molecule has 0 spiro atoms. The Bertz CT molecular complexity index is 644. The maximum Gasteiger partial charge on any atom is 0.340 e. The molecule has 1 heterocycles. The van der Waals surface area contributed by atoms with Crippen molar-refractivity contribution in [3.8, 4) is 0 Å². The van der Waals surface area contributed by atoms with E-state index in [0.29, 0.717) is 5.82 Å². The summed E-state index contributed by atoms with van der Waals surface area (Å²) in [6, 6.07) is 7.58. The lowest BCUT2D eigenvalue weighted by atomic mass is 10.1. The Hall–Kier alpha value is -2.63. The van der Waals surface area contributed by atoms with E-state index in [1.54, 1.807) is 12.1 Å². The van der Waals surface area contributed by atoms with Gasteiger partial charge in [-0.1, -0.05) is 12.1 Å². The van der Waals surface area contributed by atoms with Crippen LogP contribution in [0.4, 0.5) is 15.9 Å². The minimum atomic E-state index is -0.521. The molecule has 0 radical (unpaired) electrons. The Morgan fingerprint density at radius 3 is 2.67 bits per heavy atom. The molecule has 3 N–H and O–H groups in total. The van der Waals surface area contributed by atoms with Crippen LogP contribution in [-0.4, -0.2) is 18.1 Å². The molecular formula is C15H16FN3O2. The highest BCUT2D eigenvalue weighted by molar-refractivity contribution is 5.95. The number of esters is 1. The van der Waals surface area contributed by atoms with Crippen molar-refractivity contribution in [1.82, 2.24) is 4.98 Å². The number of nitrogen functional groups attached to an aromatic ring is 1. The van der Waals surface area contributed by atoms with Crippen molar-refractivity contribution in [1.29, 1.82) is 0 Å². The molecule has 110 valence electrons. The molecule has 0 aliphatic heterocycles. The van der Waals surface area contributed by atoms with Gasteiger partial charge in [-0.05, 0) is 30.7 Å². The topological polar surface area (TPSA) is 77.2 Å². The number of hydrogen-bond donors (Lipinski definition) is 2. The zero-order chi connectivity index (χ0) is 15.4. The van der Waals surface area contributed by atoms with Crippen molar-refractivity contribution in [2.75, 3.05) is 18.2 Å². The third-order valence-corrected chi connectivity index (χ3v) is 3.07. The van der Waals surface area contributed by atoms with E-state index in [4.69, 9.17) is 5.73 Å². The van der Waals surface area contributed by atoms with E-state index < -0.39 is 5.97 Å². The monoisotopic (exact) mass is 289 g/mol. The summed E-state index contributed by atoms with van der Waals surface area (Å²) in [6.45, 7) is 1.91. The molecule has 0 saturated heterocycles. The summed E-state index contributed by atoms with van der Waals surface area (Å²) in [5.74, 6) is -0.321. The molecular weight excluding hydrogens is 273 g/mol. The largest absolute Gasteiger partial charge is 0.465 e. The van der Waals surface area contributed by atoms with Gasteiger partial charge in [-0.25, -0.2) is 14.2 Å². The third-order valence-electron chi connectivity index (χ3n) is 3.07. The van der Waals surface area contributed by atoms with E-state index in [1.807, 2.05) is 6.92 Å². The van der Waals surface area contributed by atoms with Crippen LogP contribution < -0.4 is 11.1 Å². The number of carbonyl (C=O) groups is 1. The summed E-state index contributed by atoms with van der Waals surface area (Å²) >= 11 is 0. The number of carbonyl (C=O) groups excluding carboxylic acids is 1. The maximum atomic E-state index is 12.9. The standard InChI is InChI=1S/C15H16FN3O2/c1-9(10-3-5-11(16)6-4-10)19-14-7-12(15(20)21-2)13(17)8-18-14/h3-9H,17H2,1-2H3,(H,18,19). The van der Waals surface area contributed by atoms with Crippen LogP contribution in [0.2, 0.25) is 0 Å². The molecule has 0 amide bonds. The number of ether oxygens (including phenoxy) is 1. The van der Waals surface area contributed by atoms with Crippen molar-refractivity contribution < 1.29 is 13.9 Å². The zero-order valence-corrected chi connectivity index (χ0v) is 11.8. The van der Waals surface area contributed by atoms with Crippen molar-refractivity contribution in [2.24, 2.45) is 0 Å². The summed E-state index contributed by atoms with van der Waals surface area (Å²) < 4.78 is 17.6. The predicted octanol–water partition coefficient (Wildman–Crippen LogP) is 2.76. The molecule has 1 aromatic heterocycles. The van der Waals surface area contributed by atoms with Crippen molar-refractivity contribution in [2.45, 2.75) is 13.0 Å². The molecule has 2 rings (SSSR count). The SMILES string of the molecule is COC(=O)c1cc(NC(C)c2ccc(F)cc2)ncc1N. The zero-order valence-electron chi connectivity index (χ0n) is 11.8. The minimum Gasteiger partial charge on any atom is -0.465 e. The van der Waals surface area contributed by atoms with Gasteiger partial charge < -0.3 is 15.8 Å². The number of anilines is 2. The molecule has 1 aromatic carbocycles. The number of nitrogens with zero attached hydrogens (tertiary/aromatic N) is 1. The van der Waals surface area contributed by atoms with Gasteiger partial charge in [-0.3, -0.25) is 0 Å². The second-order valence-corrected chi connectivity index (χ2v) is 4.57. The first-order chi connectivity index (χ1) is 10.0. The second kappa shape index (κ2) is 6.21. The Kier molecular flexibility index (Phi) is 4.37. The van der Waals surface area contributed by atoms with Crippen LogP contribution in [0.5, 0.6) is 0 Å². The Morgan fingerprint density at radius 1 is 1.38 bits per heavy atom. The molecule has 2 aromatic rings. The van der Waals surface area contributed by atoms with E-state index in [-0.39, 0.29) is 23.1 Å². The highest BCUT2D eigenvalue weighted by atomic mass is 19.1. The van der Waals surface area contributed by atoms with Gasteiger partial charge in [-0.15, -0.1) is 0 Å². The van der Waals surface area contributed by atoms with Crippen LogP contribution in [0.25, 0.3) is 0 Å². The van der Waals surface area contributed by atoms with Gasteiger partial charge in [0, 0.05) is 6.04 Å². The van der Waals surface area contributed by atoms with Crippen molar-refractivity contribution >= 4 is 17.5 Å². The fourth-order valence-corrected chi connectivity index (χ4v) is 1.89. The normalized spacial score (nSPS) is 11.8. The molecule has 1 unspecified atom stereocenters. The van der Waals surface area contributed by atoms with Gasteiger partial charge in [-0.2, -0.15) is 0 Å². The number of methoxy groups -OCH3 is 1. The summed E-state index contributed by atoms with van der Waals surface area (Å²) in [5, 5.41) is 3.13. The number of hydrogen-bond acceptors (Lipinski definition) is 5. The molecule has 0 bridgehead atoms. The highest BCUT2D eigenvalue weighted by Crippen LogP contribution is 2.21. The van der Waals surface area contributed by atoms with Gasteiger partial charge >= 0.3 is 5.97 Å². The average molecular weight is 289 g/mol. The van der Waals surface area contributed by atoms with Crippen LogP contribution in [0.1, 0.15) is 28.9 Å². The molecule has 0 fully saturated rings. The molecule has 1 atom stereocenters. The number of nitrogens with one attached hydrogen (secondary N) is 1. The molecule has 21 heavy (non-hydrogen) atoms. The summed E-state index contributed by atoms with van der Waals surface area (Å²) in [7, 11) is 1.29. The summed E-state index contributed by atoms with van der Waals surface area (Å²) in [4.78, 5) is 15.7. The number of halogens is 1. The van der Waals surface area contributed by atoms with Gasteiger partial charge in [0.1, 0.15) is 11.6 Å². The molecule has 6 heteroatoms. The highest BCUT2D eigenvalue weighted by Gasteiger charge is 2.13. The molecule has 0 saturated carbocycles. The minimum absolute atomic E-state index is 0.104. The molecule has 0 aliphatic carbocycles. The number of aromatic nitrogens is 1. The van der Waals surface area contributed by atoms with Crippen LogP contribution in [0, 0.1) is 5.82 Å². The average Bonchev–Trinajstić information content (AvgIpc) is 2.49. The fourth-order valence-electron chi connectivity index (χ4n) is 1.89. The van der Waals surface area contributed by atoms with E-state index >= 15 is 0 Å². The summed E-state index contributed by atoms with van der Waals surface area (Å²) in [6.07, 6.45) is 1.39. The van der Waals surface area contributed by atoms with Gasteiger partial charge in [0.2, 0.25) is 0 Å². The van der Waals surface area contributed by atoms with E-state index in [2.05, 4.69) is 15.0 Å². The fraction of sp³-hybridized carbons (Fsp3) is 0.200. The number of pyridine rings is 1. The van der Waals surface area contributed by atoms with E-state index in [9.17, 15) is 9.18 Å². The van der Waals surface area contributed by atoms with E-state index in [1.165, 1.54) is 31.5 Å². The first-order valence-electron chi connectivity index (χ1n) is 6.37. The van der Waals surface area contributed by atoms with Crippen LogP contribution in [0.15, 0.2) is 36.5 Å². The quantitative estimate of drug-likeness (QED) is 0.846. The maximum absolute atomic E-state index is 12.9.